The van der Waals surface area contributed by atoms with Gasteiger partial charge in [0.2, 0.25) is 0 Å². The maximum Gasteiger partial charge on any atom is 0.274 e. The van der Waals surface area contributed by atoms with E-state index in [1.54, 1.807) is 23.9 Å². The summed E-state index contributed by atoms with van der Waals surface area (Å²) in [5, 5.41) is 0. The van der Waals surface area contributed by atoms with Gasteiger partial charge in [0.05, 0.1) is 12.8 Å². The maximum absolute atomic E-state index is 11.6. The molecule has 2 aromatic heterocycles. The Labute approximate surface area is 132 Å². The fourth-order valence-corrected chi connectivity index (χ4v) is 2.85. The SMILES string of the molecule is CONC(=O)c1ccc(SCc2cn3ccccc3n2)cc1. The van der Waals surface area contributed by atoms with Crippen LogP contribution in [0.4, 0.5) is 0 Å². The summed E-state index contributed by atoms with van der Waals surface area (Å²) in [4.78, 5) is 21.8. The minimum atomic E-state index is -0.251. The van der Waals surface area contributed by atoms with E-state index in [0.29, 0.717) is 5.56 Å². The summed E-state index contributed by atoms with van der Waals surface area (Å²) in [7, 11) is 1.41. The zero-order valence-electron chi connectivity index (χ0n) is 12.0. The lowest BCUT2D eigenvalue weighted by Crippen LogP contribution is -2.21. The number of nitrogens with zero attached hydrogens (tertiary/aromatic N) is 2. The average Bonchev–Trinajstić information content (AvgIpc) is 2.96. The number of hydrogen-bond acceptors (Lipinski definition) is 4. The summed E-state index contributed by atoms with van der Waals surface area (Å²) in [6.45, 7) is 0. The molecule has 3 rings (SSSR count). The van der Waals surface area contributed by atoms with Crippen LogP contribution in [0, 0.1) is 0 Å². The molecular weight excluding hydrogens is 298 g/mol. The van der Waals surface area contributed by atoms with Crippen molar-refractivity contribution in [3.8, 4) is 0 Å². The third kappa shape index (κ3) is 3.29. The number of carbonyl (C=O) groups excluding carboxylic acids is 1. The number of aromatic nitrogens is 2. The second kappa shape index (κ2) is 6.64. The number of benzene rings is 1. The Morgan fingerprint density at radius 3 is 2.82 bits per heavy atom. The van der Waals surface area contributed by atoms with E-state index >= 15 is 0 Å². The number of fused-ring (bicyclic) bond motifs is 1. The molecule has 1 amide bonds. The Morgan fingerprint density at radius 1 is 1.27 bits per heavy atom. The molecule has 0 aliphatic rings. The lowest BCUT2D eigenvalue weighted by atomic mass is 10.2. The van der Waals surface area contributed by atoms with Gasteiger partial charge in [-0.3, -0.25) is 9.63 Å². The first-order valence-corrected chi connectivity index (χ1v) is 7.73. The first-order valence-electron chi connectivity index (χ1n) is 6.75. The normalized spacial score (nSPS) is 10.8. The first kappa shape index (κ1) is 14.6. The smallest absolute Gasteiger partial charge is 0.274 e. The van der Waals surface area contributed by atoms with Crippen LogP contribution in [0.2, 0.25) is 0 Å². The molecule has 0 unspecified atom stereocenters. The maximum atomic E-state index is 11.6. The summed E-state index contributed by atoms with van der Waals surface area (Å²) in [5.41, 5.74) is 4.84. The van der Waals surface area contributed by atoms with Gasteiger partial charge in [-0.2, -0.15) is 0 Å². The highest BCUT2D eigenvalue weighted by Crippen LogP contribution is 2.23. The van der Waals surface area contributed by atoms with Crippen molar-refractivity contribution in [3.05, 3.63) is 66.1 Å². The summed E-state index contributed by atoms with van der Waals surface area (Å²) < 4.78 is 2.01. The van der Waals surface area contributed by atoms with Crippen LogP contribution in [0.5, 0.6) is 0 Å². The fraction of sp³-hybridized carbons (Fsp3) is 0.125. The Bertz CT molecular complexity index is 750. The van der Waals surface area contributed by atoms with Crippen LogP contribution in [0.1, 0.15) is 16.1 Å². The van der Waals surface area contributed by atoms with E-state index in [1.807, 2.05) is 47.1 Å². The van der Waals surface area contributed by atoms with Crippen molar-refractivity contribution in [1.82, 2.24) is 14.9 Å². The third-order valence-electron chi connectivity index (χ3n) is 3.11. The van der Waals surface area contributed by atoms with Gasteiger partial charge < -0.3 is 4.40 Å². The van der Waals surface area contributed by atoms with Gasteiger partial charge in [-0.1, -0.05) is 6.07 Å². The van der Waals surface area contributed by atoms with Crippen LogP contribution in [0.3, 0.4) is 0 Å². The van der Waals surface area contributed by atoms with Gasteiger partial charge in [0.25, 0.3) is 5.91 Å². The van der Waals surface area contributed by atoms with Gasteiger partial charge in [0.1, 0.15) is 5.65 Å². The monoisotopic (exact) mass is 313 g/mol. The lowest BCUT2D eigenvalue weighted by molar-refractivity contribution is 0.0537. The lowest BCUT2D eigenvalue weighted by Gasteiger charge is -2.03. The molecule has 6 heteroatoms. The van der Waals surface area contributed by atoms with Crippen molar-refractivity contribution in [3.63, 3.8) is 0 Å². The Morgan fingerprint density at radius 2 is 2.09 bits per heavy atom. The van der Waals surface area contributed by atoms with Gasteiger partial charge in [0.15, 0.2) is 0 Å². The molecular formula is C16H15N3O2S. The van der Waals surface area contributed by atoms with Crippen molar-refractivity contribution >= 4 is 23.3 Å². The summed E-state index contributed by atoms with van der Waals surface area (Å²) >= 11 is 1.68. The van der Waals surface area contributed by atoms with Crippen molar-refractivity contribution in [2.24, 2.45) is 0 Å². The van der Waals surface area contributed by atoms with Crippen molar-refractivity contribution < 1.29 is 9.63 Å². The number of pyridine rings is 1. The van der Waals surface area contributed by atoms with E-state index in [9.17, 15) is 4.79 Å². The van der Waals surface area contributed by atoms with E-state index in [0.717, 1.165) is 22.0 Å². The van der Waals surface area contributed by atoms with Crippen LogP contribution in [-0.4, -0.2) is 22.4 Å². The highest BCUT2D eigenvalue weighted by atomic mass is 32.2. The molecule has 0 fully saturated rings. The molecule has 112 valence electrons. The van der Waals surface area contributed by atoms with Crippen LogP contribution >= 0.6 is 11.8 Å². The molecule has 22 heavy (non-hydrogen) atoms. The largest absolute Gasteiger partial charge is 0.307 e. The number of rotatable bonds is 5. The summed E-state index contributed by atoms with van der Waals surface area (Å²) in [6, 6.07) is 13.3. The van der Waals surface area contributed by atoms with Gasteiger partial charge in [-0.05, 0) is 36.4 Å². The molecule has 0 radical (unpaired) electrons. The minimum absolute atomic E-state index is 0.251. The fourth-order valence-electron chi connectivity index (χ4n) is 2.07. The average molecular weight is 313 g/mol. The summed E-state index contributed by atoms with van der Waals surface area (Å²) in [6.07, 6.45) is 4.02. The van der Waals surface area contributed by atoms with Gasteiger partial charge in [-0.15, -0.1) is 11.8 Å². The summed E-state index contributed by atoms with van der Waals surface area (Å²) in [5.74, 6) is 0.532. The Kier molecular flexibility index (Phi) is 4.41. The first-order chi connectivity index (χ1) is 10.8. The Balaban J connectivity index is 1.64. The molecule has 1 aromatic carbocycles. The molecule has 0 bridgehead atoms. The standard InChI is InChI=1S/C16H15N3O2S/c1-21-18-16(20)12-5-7-14(8-6-12)22-11-13-10-19-9-3-2-4-15(19)17-13/h2-10H,11H2,1H3,(H,18,20). The second-order valence-electron chi connectivity index (χ2n) is 4.65. The molecule has 0 saturated carbocycles. The van der Waals surface area contributed by atoms with Gasteiger partial charge in [-0.25, -0.2) is 10.5 Å². The van der Waals surface area contributed by atoms with E-state index < -0.39 is 0 Å². The number of thioether (sulfide) groups is 1. The highest BCUT2D eigenvalue weighted by molar-refractivity contribution is 7.98. The van der Waals surface area contributed by atoms with Crippen molar-refractivity contribution in [2.45, 2.75) is 10.6 Å². The predicted molar refractivity (Wildman–Crippen MR) is 85.7 cm³/mol. The van der Waals surface area contributed by atoms with Crippen LogP contribution in [0.25, 0.3) is 5.65 Å². The highest BCUT2D eigenvalue weighted by Gasteiger charge is 2.06. The zero-order chi connectivity index (χ0) is 15.4. The third-order valence-corrected chi connectivity index (χ3v) is 4.16. The van der Waals surface area contributed by atoms with E-state index in [-0.39, 0.29) is 5.91 Å². The van der Waals surface area contributed by atoms with Crippen molar-refractivity contribution in [1.29, 1.82) is 0 Å². The molecule has 1 N–H and O–H groups in total. The molecule has 2 heterocycles. The van der Waals surface area contributed by atoms with E-state index in [1.165, 1.54) is 7.11 Å². The Hall–Kier alpha value is -2.31. The topological polar surface area (TPSA) is 55.6 Å². The van der Waals surface area contributed by atoms with Gasteiger partial charge in [0, 0.05) is 28.6 Å². The van der Waals surface area contributed by atoms with Crippen LogP contribution in [0.15, 0.2) is 59.8 Å². The van der Waals surface area contributed by atoms with Crippen molar-refractivity contribution in [2.75, 3.05) is 7.11 Å². The van der Waals surface area contributed by atoms with Gasteiger partial charge >= 0.3 is 0 Å². The number of imidazole rings is 1. The number of nitrogens with one attached hydrogen (secondary N) is 1. The molecule has 0 aliphatic heterocycles. The quantitative estimate of drug-likeness (QED) is 0.581. The molecule has 5 nitrogen and oxygen atoms in total. The number of hydroxylamine groups is 1. The molecule has 0 aliphatic carbocycles. The molecule has 3 aromatic rings. The number of carbonyl (C=O) groups is 1. The molecule has 0 spiro atoms. The minimum Gasteiger partial charge on any atom is -0.307 e. The van der Waals surface area contributed by atoms with Crippen LogP contribution < -0.4 is 5.48 Å². The second-order valence-corrected chi connectivity index (χ2v) is 5.70. The predicted octanol–water partition coefficient (Wildman–Crippen LogP) is 2.92. The molecule has 0 atom stereocenters. The van der Waals surface area contributed by atoms with Crippen LogP contribution in [-0.2, 0) is 10.6 Å². The molecule has 0 saturated heterocycles. The van der Waals surface area contributed by atoms with E-state index in [2.05, 4.69) is 15.3 Å². The zero-order valence-corrected chi connectivity index (χ0v) is 12.8. The van der Waals surface area contributed by atoms with E-state index in [4.69, 9.17) is 0 Å². The number of amides is 1. The number of hydrogen-bond donors (Lipinski definition) is 1.